The molecule has 1 amide bonds. The molecule has 0 spiro atoms. The van der Waals surface area contributed by atoms with Gasteiger partial charge in [0, 0.05) is 21.7 Å². The molecule has 6 heteroatoms. The summed E-state index contributed by atoms with van der Waals surface area (Å²) in [6, 6.07) is 15.7. The van der Waals surface area contributed by atoms with E-state index < -0.39 is 5.97 Å². The Balaban J connectivity index is 1.59. The first-order chi connectivity index (χ1) is 12.0. The molecule has 0 atom stereocenters. The van der Waals surface area contributed by atoms with Crippen molar-refractivity contribution < 1.29 is 14.3 Å². The summed E-state index contributed by atoms with van der Waals surface area (Å²) in [5.74, 6) is 0.0712. The molecule has 0 saturated carbocycles. The van der Waals surface area contributed by atoms with Crippen LogP contribution in [0.15, 0.2) is 57.9 Å². The summed E-state index contributed by atoms with van der Waals surface area (Å²) < 4.78 is 5.95. The predicted octanol–water partition coefficient (Wildman–Crippen LogP) is 3.75. The Bertz CT molecular complexity index is 702. The second kappa shape index (κ2) is 10.3. The van der Waals surface area contributed by atoms with E-state index in [2.05, 4.69) is 45.5 Å². The lowest BCUT2D eigenvalue weighted by molar-refractivity contribution is -0.147. The number of hydrogen-bond acceptors (Lipinski definition) is 4. The molecule has 2 aromatic carbocycles. The number of halogens is 1. The Morgan fingerprint density at radius 2 is 1.76 bits per heavy atom. The molecule has 4 nitrogen and oxygen atoms in total. The smallest absolute Gasteiger partial charge is 0.310 e. The molecular weight excluding hydrogens is 402 g/mol. The minimum atomic E-state index is -0.411. The first-order valence-corrected chi connectivity index (χ1v) is 9.67. The topological polar surface area (TPSA) is 55.4 Å². The molecule has 0 saturated heterocycles. The van der Waals surface area contributed by atoms with Crippen molar-refractivity contribution in [3.05, 3.63) is 64.1 Å². The van der Waals surface area contributed by atoms with Crippen LogP contribution in [0, 0.1) is 6.92 Å². The van der Waals surface area contributed by atoms with Gasteiger partial charge in [0.2, 0.25) is 0 Å². The van der Waals surface area contributed by atoms with E-state index in [1.807, 2.05) is 31.2 Å². The van der Waals surface area contributed by atoms with Gasteiger partial charge in [0.1, 0.15) is 0 Å². The number of thioether (sulfide) groups is 1. The first kappa shape index (κ1) is 19.5. The largest absolute Gasteiger partial charge is 0.455 e. The van der Waals surface area contributed by atoms with Crippen LogP contribution in [0.4, 0.5) is 0 Å². The van der Waals surface area contributed by atoms with E-state index in [0.717, 1.165) is 15.8 Å². The van der Waals surface area contributed by atoms with Crippen LogP contribution in [-0.2, 0) is 20.7 Å². The van der Waals surface area contributed by atoms with Gasteiger partial charge in [-0.1, -0.05) is 45.8 Å². The number of esters is 1. The number of amides is 1. The van der Waals surface area contributed by atoms with Crippen LogP contribution >= 0.6 is 27.7 Å². The zero-order valence-electron chi connectivity index (χ0n) is 14.0. The Labute approximate surface area is 160 Å². The van der Waals surface area contributed by atoms with Gasteiger partial charge in [-0.3, -0.25) is 9.59 Å². The van der Waals surface area contributed by atoms with Gasteiger partial charge in [0.25, 0.3) is 5.91 Å². The van der Waals surface area contributed by atoms with Gasteiger partial charge in [-0.05, 0) is 36.8 Å². The SMILES string of the molecule is Cc1ccc(SCCNC(=O)COC(=O)Cc2ccc(Br)cc2)cc1. The number of rotatable bonds is 8. The van der Waals surface area contributed by atoms with Gasteiger partial charge < -0.3 is 10.1 Å². The van der Waals surface area contributed by atoms with Crippen LogP contribution in [0.3, 0.4) is 0 Å². The zero-order valence-corrected chi connectivity index (χ0v) is 16.4. The normalized spacial score (nSPS) is 10.3. The monoisotopic (exact) mass is 421 g/mol. The Morgan fingerprint density at radius 1 is 1.08 bits per heavy atom. The highest BCUT2D eigenvalue weighted by Crippen LogP contribution is 2.17. The van der Waals surface area contributed by atoms with Crippen molar-refractivity contribution >= 4 is 39.6 Å². The molecule has 0 radical (unpaired) electrons. The van der Waals surface area contributed by atoms with Gasteiger partial charge in [0.15, 0.2) is 6.61 Å². The molecule has 2 aromatic rings. The number of carbonyl (C=O) groups is 2. The Morgan fingerprint density at radius 3 is 2.44 bits per heavy atom. The fourth-order valence-electron chi connectivity index (χ4n) is 2.01. The second-order valence-corrected chi connectivity index (χ2v) is 7.56. The molecule has 0 fully saturated rings. The molecule has 2 rings (SSSR count). The number of aryl methyl sites for hydroxylation is 1. The molecule has 0 bridgehead atoms. The number of benzene rings is 2. The molecule has 132 valence electrons. The third kappa shape index (κ3) is 7.75. The Kier molecular flexibility index (Phi) is 8.01. The van der Waals surface area contributed by atoms with E-state index in [0.29, 0.717) is 6.54 Å². The molecule has 0 unspecified atom stereocenters. The molecule has 0 aliphatic heterocycles. The summed E-state index contributed by atoms with van der Waals surface area (Å²) in [4.78, 5) is 24.6. The minimum absolute atomic E-state index is 0.157. The van der Waals surface area contributed by atoms with Crippen LogP contribution in [0.2, 0.25) is 0 Å². The minimum Gasteiger partial charge on any atom is -0.455 e. The van der Waals surface area contributed by atoms with Crippen molar-refractivity contribution in [3.8, 4) is 0 Å². The van der Waals surface area contributed by atoms with Crippen LogP contribution < -0.4 is 5.32 Å². The number of ether oxygens (including phenoxy) is 1. The highest BCUT2D eigenvalue weighted by Gasteiger charge is 2.08. The van der Waals surface area contributed by atoms with Crippen molar-refractivity contribution in [1.29, 1.82) is 0 Å². The summed E-state index contributed by atoms with van der Waals surface area (Å²) in [6.45, 7) is 2.33. The van der Waals surface area contributed by atoms with E-state index in [1.54, 1.807) is 11.8 Å². The standard InChI is InChI=1S/C19H20BrNO3S/c1-14-2-8-17(9-3-14)25-11-10-21-18(22)13-24-19(23)12-15-4-6-16(20)7-5-15/h2-9H,10-13H2,1H3,(H,21,22). The predicted molar refractivity (Wildman–Crippen MR) is 104 cm³/mol. The average Bonchev–Trinajstić information content (AvgIpc) is 2.60. The summed E-state index contributed by atoms with van der Waals surface area (Å²) in [5.41, 5.74) is 2.07. The van der Waals surface area contributed by atoms with E-state index in [-0.39, 0.29) is 18.9 Å². The van der Waals surface area contributed by atoms with E-state index >= 15 is 0 Å². The van der Waals surface area contributed by atoms with Crippen molar-refractivity contribution in [2.45, 2.75) is 18.2 Å². The van der Waals surface area contributed by atoms with Crippen LogP contribution in [0.25, 0.3) is 0 Å². The summed E-state index contributed by atoms with van der Waals surface area (Å²) >= 11 is 5.01. The molecular formula is C19H20BrNO3S. The summed E-state index contributed by atoms with van der Waals surface area (Å²) in [7, 11) is 0. The fourth-order valence-corrected chi connectivity index (χ4v) is 3.04. The quantitative estimate of drug-likeness (QED) is 0.400. The van der Waals surface area contributed by atoms with Crippen molar-refractivity contribution in [2.24, 2.45) is 0 Å². The van der Waals surface area contributed by atoms with E-state index in [1.165, 1.54) is 10.5 Å². The molecule has 1 N–H and O–H groups in total. The van der Waals surface area contributed by atoms with Crippen LogP contribution in [0.5, 0.6) is 0 Å². The molecule has 25 heavy (non-hydrogen) atoms. The lowest BCUT2D eigenvalue weighted by Crippen LogP contribution is -2.30. The first-order valence-electron chi connectivity index (χ1n) is 7.89. The highest BCUT2D eigenvalue weighted by molar-refractivity contribution is 9.10. The maximum atomic E-state index is 11.7. The summed E-state index contributed by atoms with van der Waals surface area (Å²) in [5, 5.41) is 2.75. The number of hydrogen-bond donors (Lipinski definition) is 1. The van der Waals surface area contributed by atoms with Gasteiger partial charge in [0.05, 0.1) is 6.42 Å². The zero-order chi connectivity index (χ0) is 18.1. The molecule has 0 aromatic heterocycles. The molecule has 0 aliphatic carbocycles. The highest BCUT2D eigenvalue weighted by atomic mass is 79.9. The van der Waals surface area contributed by atoms with Gasteiger partial charge >= 0.3 is 5.97 Å². The third-order valence-electron chi connectivity index (χ3n) is 3.34. The lowest BCUT2D eigenvalue weighted by atomic mass is 10.2. The molecule has 0 heterocycles. The maximum absolute atomic E-state index is 11.7. The van der Waals surface area contributed by atoms with Gasteiger partial charge in [-0.15, -0.1) is 11.8 Å². The number of nitrogens with one attached hydrogen (secondary N) is 1. The lowest BCUT2D eigenvalue weighted by Gasteiger charge is -2.07. The average molecular weight is 422 g/mol. The van der Waals surface area contributed by atoms with Gasteiger partial charge in [-0.2, -0.15) is 0 Å². The Hall–Kier alpha value is -1.79. The van der Waals surface area contributed by atoms with Crippen molar-refractivity contribution in [2.75, 3.05) is 18.9 Å². The second-order valence-electron chi connectivity index (χ2n) is 5.48. The van der Waals surface area contributed by atoms with E-state index in [9.17, 15) is 9.59 Å². The summed E-state index contributed by atoms with van der Waals surface area (Å²) in [6.07, 6.45) is 0.157. The fraction of sp³-hybridized carbons (Fsp3) is 0.263. The maximum Gasteiger partial charge on any atom is 0.310 e. The van der Waals surface area contributed by atoms with Gasteiger partial charge in [-0.25, -0.2) is 0 Å². The molecule has 0 aliphatic rings. The van der Waals surface area contributed by atoms with Crippen molar-refractivity contribution in [3.63, 3.8) is 0 Å². The van der Waals surface area contributed by atoms with Crippen molar-refractivity contribution in [1.82, 2.24) is 5.32 Å². The van der Waals surface area contributed by atoms with Crippen LogP contribution in [0.1, 0.15) is 11.1 Å². The van der Waals surface area contributed by atoms with Crippen LogP contribution in [-0.4, -0.2) is 30.8 Å². The van der Waals surface area contributed by atoms with E-state index in [4.69, 9.17) is 4.74 Å². The number of carbonyl (C=O) groups excluding carboxylic acids is 2. The third-order valence-corrected chi connectivity index (χ3v) is 4.88.